The van der Waals surface area contributed by atoms with E-state index in [2.05, 4.69) is 25.7 Å². The van der Waals surface area contributed by atoms with Crippen LogP contribution in [0.15, 0.2) is 12.7 Å². The molecule has 0 aromatic carbocycles. The maximum absolute atomic E-state index is 5.15. The Hall–Kier alpha value is -0.340. The van der Waals surface area contributed by atoms with Crippen molar-refractivity contribution in [3.63, 3.8) is 0 Å². The number of rotatable bonds is 8. The SMILES string of the molecule is C=CC(NC(C)CCCCC)OC. The van der Waals surface area contributed by atoms with Gasteiger partial charge in [0.25, 0.3) is 0 Å². The van der Waals surface area contributed by atoms with Gasteiger partial charge in [0.1, 0.15) is 6.23 Å². The molecule has 2 heteroatoms. The van der Waals surface area contributed by atoms with Gasteiger partial charge in [-0.15, -0.1) is 0 Å². The lowest BCUT2D eigenvalue weighted by Gasteiger charge is -2.19. The van der Waals surface area contributed by atoms with Crippen molar-refractivity contribution in [3.8, 4) is 0 Å². The molecule has 13 heavy (non-hydrogen) atoms. The van der Waals surface area contributed by atoms with Crippen molar-refractivity contribution in [2.24, 2.45) is 0 Å². The largest absolute Gasteiger partial charge is 0.363 e. The first-order valence-electron chi connectivity index (χ1n) is 5.16. The maximum Gasteiger partial charge on any atom is 0.126 e. The third kappa shape index (κ3) is 6.79. The van der Waals surface area contributed by atoms with Gasteiger partial charge in [0.05, 0.1) is 0 Å². The zero-order valence-corrected chi connectivity index (χ0v) is 9.18. The standard InChI is InChI=1S/C11H23NO/c1-5-7-8-9-10(3)12-11(6-2)13-4/h6,10-12H,2,5,7-9H2,1,3-4H3. The summed E-state index contributed by atoms with van der Waals surface area (Å²) in [5.41, 5.74) is 0. The second-order valence-corrected chi connectivity index (χ2v) is 3.46. The van der Waals surface area contributed by atoms with E-state index in [9.17, 15) is 0 Å². The van der Waals surface area contributed by atoms with Crippen molar-refractivity contribution in [1.82, 2.24) is 5.32 Å². The predicted molar refractivity (Wildman–Crippen MR) is 57.7 cm³/mol. The van der Waals surface area contributed by atoms with Crippen LogP contribution in [0, 0.1) is 0 Å². The van der Waals surface area contributed by atoms with E-state index < -0.39 is 0 Å². The molecule has 1 N–H and O–H groups in total. The van der Waals surface area contributed by atoms with Gasteiger partial charge in [-0.25, -0.2) is 0 Å². The fourth-order valence-electron chi connectivity index (χ4n) is 1.30. The molecule has 0 aromatic heterocycles. The number of ether oxygens (including phenoxy) is 1. The van der Waals surface area contributed by atoms with Crippen LogP contribution >= 0.6 is 0 Å². The molecule has 0 radical (unpaired) electrons. The molecule has 78 valence electrons. The van der Waals surface area contributed by atoms with Crippen molar-refractivity contribution < 1.29 is 4.74 Å². The second kappa shape index (κ2) is 8.27. The van der Waals surface area contributed by atoms with E-state index in [0.29, 0.717) is 6.04 Å². The number of hydrogen-bond donors (Lipinski definition) is 1. The molecule has 0 saturated heterocycles. The van der Waals surface area contributed by atoms with Gasteiger partial charge >= 0.3 is 0 Å². The fourth-order valence-corrected chi connectivity index (χ4v) is 1.30. The van der Waals surface area contributed by atoms with Gasteiger partial charge in [-0.1, -0.05) is 32.8 Å². The van der Waals surface area contributed by atoms with Crippen LogP contribution in [0.1, 0.15) is 39.5 Å². The summed E-state index contributed by atoms with van der Waals surface area (Å²) in [6, 6.07) is 0.509. The number of nitrogens with one attached hydrogen (secondary N) is 1. The Kier molecular flexibility index (Phi) is 8.05. The highest BCUT2D eigenvalue weighted by Gasteiger charge is 2.06. The predicted octanol–water partition coefficient (Wildman–Crippen LogP) is 2.70. The average Bonchev–Trinajstić information content (AvgIpc) is 2.14. The minimum absolute atomic E-state index is 0.00312. The molecule has 0 spiro atoms. The molecule has 2 unspecified atom stereocenters. The number of methoxy groups -OCH3 is 1. The summed E-state index contributed by atoms with van der Waals surface area (Å²) >= 11 is 0. The first-order valence-corrected chi connectivity index (χ1v) is 5.16. The van der Waals surface area contributed by atoms with Gasteiger partial charge < -0.3 is 4.74 Å². The second-order valence-electron chi connectivity index (χ2n) is 3.46. The van der Waals surface area contributed by atoms with Gasteiger partial charge in [0.15, 0.2) is 0 Å². The van der Waals surface area contributed by atoms with E-state index in [0.717, 1.165) is 0 Å². The summed E-state index contributed by atoms with van der Waals surface area (Å²) in [6.07, 6.45) is 6.88. The minimum Gasteiger partial charge on any atom is -0.363 e. The third-order valence-electron chi connectivity index (χ3n) is 2.16. The molecule has 0 aliphatic rings. The quantitative estimate of drug-likeness (QED) is 0.356. The molecule has 0 saturated carbocycles. The lowest BCUT2D eigenvalue weighted by atomic mass is 10.1. The van der Waals surface area contributed by atoms with Crippen molar-refractivity contribution in [2.75, 3.05) is 7.11 Å². The molecule has 0 amide bonds. The Morgan fingerprint density at radius 1 is 1.46 bits per heavy atom. The molecule has 0 aromatic rings. The van der Waals surface area contributed by atoms with Crippen LogP contribution in [-0.4, -0.2) is 19.4 Å². The van der Waals surface area contributed by atoms with Gasteiger partial charge in [-0.05, 0) is 19.4 Å². The fraction of sp³-hybridized carbons (Fsp3) is 0.818. The molecule has 2 nitrogen and oxygen atoms in total. The first-order chi connectivity index (χ1) is 6.24. The summed E-state index contributed by atoms with van der Waals surface area (Å²) in [4.78, 5) is 0. The van der Waals surface area contributed by atoms with Crippen LogP contribution in [0.5, 0.6) is 0 Å². The van der Waals surface area contributed by atoms with Crippen LogP contribution in [0.3, 0.4) is 0 Å². The van der Waals surface area contributed by atoms with Gasteiger partial charge in [0, 0.05) is 13.2 Å². The Morgan fingerprint density at radius 3 is 2.62 bits per heavy atom. The molecule has 0 rings (SSSR count). The molecule has 0 aliphatic heterocycles. The van der Waals surface area contributed by atoms with Crippen molar-refractivity contribution in [2.45, 2.75) is 51.8 Å². The van der Waals surface area contributed by atoms with Gasteiger partial charge in [-0.3, -0.25) is 5.32 Å². The molecule has 2 atom stereocenters. The highest BCUT2D eigenvalue weighted by atomic mass is 16.5. The monoisotopic (exact) mass is 185 g/mol. The topological polar surface area (TPSA) is 21.3 Å². The van der Waals surface area contributed by atoms with Crippen LogP contribution in [-0.2, 0) is 4.74 Å². The highest BCUT2D eigenvalue weighted by molar-refractivity contribution is 4.79. The highest BCUT2D eigenvalue weighted by Crippen LogP contribution is 2.03. The summed E-state index contributed by atoms with van der Waals surface area (Å²) in [6.45, 7) is 8.10. The van der Waals surface area contributed by atoms with Crippen LogP contribution < -0.4 is 5.32 Å². The van der Waals surface area contributed by atoms with E-state index in [1.807, 2.05) is 0 Å². The van der Waals surface area contributed by atoms with Gasteiger partial charge in [-0.2, -0.15) is 0 Å². The number of unbranched alkanes of at least 4 members (excludes halogenated alkanes) is 2. The van der Waals surface area contributed by atoms with Crippen LogP contribution in [0.25, 0.3) is 0 Å². The Labute approximate surface area is 82.4 Å². The molecule has 0 aliphatic carbocycles. The lowest BCUT2D eigenvalue weighted by Crippen LogP contribution is -2.36. The summed E-state index contributed by atoms with van der Waals surface area (Å²) in [7, 11) is 1.69. The van der Waals surface area contributed by atoms with Crippen molar-refractivity contribution in [1.29, 1.82) is 0 Å². The third-order valence-corrected chi connectivity index (χ3v) is 2.16. The van der Waals surface area contributed by atoms with Crippen molar-refractivity contribution >= 4 is 0 Å². The maximum atomic E-state index is 5.15. The molecular formula is C11H23NO. The first kappa shape index (κ1) is 12.7. The summed E-state index contributed by atoms with van der Waals surface area (Å²) in [5.74, 6) is 0. The van der Waals surface area contributed by atoms with Crippen LogP contribution in [0.2, 0.25) is 0 Å². The van der Waals surface area contributed by atoms with E-state index in [1.54, 1.807) is 13.2 Å². The zero-order chi connectivity index (χ0) is 10.1. The Morgan fingerprint density at radius 2 is 2.15 bits per heavy atom. The Bertz CT molecular complexity index is 125. The molecule has 0 bridgehead atoms. The summed E-state index contributed by atoms with van der Waals surface area (Å²) < 4.78 is 5.15. The lowest BCUT2D eigenvalue weighted by molar-refractivity contribution is 0.102. The van der Waals surface area contributed by atoms with E-state index in [1.165, 1.54) is 25.7 Å². The van der Waals surface area contributed by atoms with Crippen LogP contribution in [0.4, 0.5) is 0 Å². The minimum atomic E-state index is -0.00312. The van der Waals surface area contributed by atoms with E-state index in [4.69, 9.17) is 4.74 Å². The summed E-state index contributed by atoms with van der Waals surface area (Å²) in [5, 5.41) is 3.33. The average molecular weight is 185 g/mol. The molecular weight excluding hydrogens is 162 g/mol. The van der Waals surface area contributed by atoms with Gasteiger partial charge in [0.2, 0.25) is 0 Å². The zero-order valence-electron chi connectivity index (χ0n) is 9.18. The van der Waals surface area contributed by atoms with E-state index >= 15 is 0 Å². The number of hydrogen-bond acceptors (Lipinski definition) is 2. The van der Waals surface area contributed by atoms with E-state index in [-0.39, 0.29) is 6.23 Å². The molecule has 0 heterocycles. The molecule has 0 fully saturated rings. The Balaban J connectivity index is 3.47. The smallest absolute Gasteiger partial charge is 0.126 e. The van der Waals surface area contributed by atoms with Crippen molar-refractivity contribution in [3.05, 3.63) is 12.7 Å². The normalized spacial score (nSPS) is 15.3.